The van der Waals surface area contributed by atoms with Crippen LogP contribution in [0.15, 0.2) is 70.7 Å². The quantitative estimate of drug-likeness (QED) is 0.451. The molecule has 6 heteroatoms. The third-order valence-electron chi connectivity index (χ3n) is 3.95. The number of thioether (sulfide) groups is 1. The molecule has 124 valence electrons. The zero-order valence-corrected chi connectivity index (χ0v) is 14.5. The molecule has 1 N–H and O–H groups in total. The van der Waals surface area contributed by atoms with E-state index in [1.165, 1.54) is 23.5 Å². The molecule has 0 aliphatic heterocycles. The molecule has 2 aromatic carbocycles. The normalized spacial score (nSPS) is 11.1. The molecule has 0 aliphatic rings. The monoisotopic (exact) mass is 348 g/mol. The highest BCUT2D eigenvalue weighted by Crippen LogP contribution is 2.24. The number of aromatic nitrogens is 4. The largest absolute Gasteiger partial charge is 0.269 e. The predicted octanol–water partition coefficient (Wildman–Crippen LogP) is 3.71. The van der Waals surface area contributed by atoms with Crippen LogP contribution in [0.2, 0.25) is 0 Å². The maximum absolute atomic E-state index is 13.0. The summed E-state index contributed by atoms with van der Waals surface area (Å²) in [6, 6.07) is 18.0. The van der Waals surface area contributed by atoms with E-state index in [2.05, 4.69) is 27.3 Å². The van der Waals surface area contributed by atoms with Gasteiger partial charge < -0.3 is 0 Å². The van der Waals surface area contributed by atoms with E-state index in [9.17, 15) is 4.79 Å². The van der Waals surface area contributed by atoms with Crippen LogP contribution in [0.3, 0.4) is 0 Å². The number of rotatable bonds is 4. The van der Waals surface area contributed by atoms with Crippen LogP contribution in [-0.2, 0) is 5.75 Å². The summed E-state index contributed by atoms with van der Waals surface area (Å²) in [5, 5.41) is 7.90. The number of fused-ring (bicyclic) bond motifs is 1. The van der Waals surface area contributed by atoms with Crippen molar-refractivity contribution >= 4 is 22.8 Å². The number of nitrogens with zero attached hydrogens (tertiary/aromatic N) is 3. The summed E-state index contributed by atoms with van der Waals surface area (Å²) in [6.45, 7) is 2.02. The molecule has 4 rings (SSSR count). The van der Waals surface area contributed by atoms with Crippen molar-refractivity contribution in [1.29, 1.82) is 0 Å². The second kappa shape index (κ2) is 6.57. The summed E-state index contributed by atoms with van der Waals surface area (Å²) in [5.74, 6) is 0.735. The Morgan fingerprint density at radius 2 is 1.84 bits per heavy atom. The first-order chi connectivity index (χ1) is 12.2. The molecule has 25 heavy (non-hydrogen) atoms. The highest BCUT2D eigenvalue weighted by Gasteiger charge is 2.14. The molecule has 0 radical (unpaired) electrons. The Morgan fingerprint density at radius 3 is 2.60 bits per heavy atom. The lowest BCUT2D eigenvalue weighted by Gasteiger charge is -2.12. The van der Waals surface area contributed by atoms with E-state index in [-0.39, 0.29) is 5.56 Å². The summed E-state index contributed by atoms with van der Waals surface area (Å²) in [4.78, 5) is 17.6. The lowest BCUT2D eigenvalue weighted by atomic mass is 10.2. The summed E-state index contributed by atoms with van der Waals surface area (Å²) >= 11 is 1.54. The Bertz CT molecular complexity index is 1070. The summed E-state index contributed by atoms with van der Waals surface area (Å²) in [5.41, 5.74) is 3.54. The van der Waals surface area contributed by atoms with Gasteiger partial charge in [0, 0.05) is 5.75 Å². The van der Waals surface area contributed by atoms with Gasteiger partial charge in [-0.05, 0) is 24.6 Å². The van der Waals surface area contributed by atoms with Crippen molar-refractivity contribution in [3.63, 3.8) is 0 Å². The lowest BCUT2D eigenvalue weighted by Crippen LogP contribution is -2.21. The maximum Gasteiger partial charge on any atom is 0.269 e. The number of H-pyrrole nitrogens is 1. The molecule has 0 spiro atoms. The number of benzene rings is 2. The molecule has 0 atom stereocenters. The first kappa shape index (κ1) is 15.7. The lowest BCUT2D eigenvalue weighted by molar-refractivity contribution is 0.815. The minimum Gasteiger partial charge on any atom is -0.268 e. The van der Waals surface area contributed by atoms with Crippen LogP contribution >= 0.6 is 11.8 Å². The van der Waals surface area contributed by atoms with Gasteiger partial charge in [-0.1, -0.05) is 59.8 Å². The molecule has 0 bridgehead atoms. The highest BCUT2D eigenvalue weighted by molar-refractivity contribution is 7.98. The van der Waals surface area contributed by atoms with Crippen LogP contribution in [0.1, 0.15) is 11.1 Å². The molecule has 0 unspecified atom stereocenters. The standard InChI is InChI=1S/C19H16N4OS/c1-13-7-9-15(10-8-13)23-18(24)16-11-20-22-17(16)21-19(23)25-12-14-5-3-2-4-6-14/h2-11H,12H2,1H3,(H,20,22). The number of aryl methyl sites for hydroxylation is 1. The fraction of sp³-hybridized carbons (Fsp3) is 0.105. The number of hydrogen-bond donors (Lipinski definition) is 1. The van der Waals surface area contributed by atoms with Gasteiger partial charge in [0.1, 0.15) is 5.39 Å². The molecule has 0 saturated carbocycles. The summed E-state index contributed by atoms with van der Waals surface area (Å²) in [6.07, 6.45) is 1.53. The molecule has 0 amide bonds. The average Bonchev–Trinajstić information content (AvgIpc) is 3.11. The molecule has 0 saturated heterocycles. The van der Waals surface area contributed by atoms with Crippen molar-refractivity contribution in [3.05, 3.63) is 82.3 Å². The van der Waals surface area contributed by atoms with Crippen LogP contribution < -0.4 is 5.56 Å². The zero-order valence-electron chi connectivity index (χ0n) is 13.6. The van der Waals surface area contributed by atoms with E-state index in [1.54, 1.807) is 4.57 Å². The van der Waals surface area contributed by atoms with Gasteiger partial charge >= 0.3 is 0 Å². The van der Waals surface area contributed by atoms with Crippen LogP contribution in [0, 0.1) is 6.92 Å². The maximum atomic E-state index is 13.0. The smallest absolute Gasteiger partial charge is 0.268 e. The molecule has 0 fully saturated rings. The number of aromatic amines is 1. The topological polar surface area (TPSA) is 63.6 Å². The van der Waals surface area contributed by atoms with E-state index in [1.807, 2.05) is 49.4 Å². The Kier molecular flexibility index (Phi) is 4.11. The first-order valence-electron chi connectivity index (χ1n) is 7.92. The van der Waals surface area contributed by atoms with Crippen molar-refractivity contribution in [2.45, 2.75) is 17.8 Å². The van der Waals surface area contributed by atoms with E-state index < -0.39 is 0 Å². The van der Waals surface area contributed by atoms with E-state index >= 15 is 0 Å². The Hall–Kier alpha value is -2.86. The second-order valence-electron chi connectivity index (χ2n) is 5.78. The minimum atomic E-state index is -0.113. The average molecular weight is 348 g/mol. The van der Waals surface area contributed by atoms with Crippen molar-refractivity contribution in [3.8, 4) is 5.69 Å². The van der Waals surface area contributed by atoms with Crippen molar-refractivity contribution in [1.82, 2.24) is 19.7 Å². The molecule has 0 aliphatic carbocycles. The van der Waals surface area contributed by atoms with Gasteiger partial charge in [0.05, 0.1) is 11.9 Å². The molecular formula is C19H16N4OS. The SMILES string of the molecule is Cc1ccc(-n2c(SCc3ccccc3)nc3[nH]ncc3c2=O)cc1. The van der Waals surface area contributed by atoms with Gasteiger partial charge in [-0.15, -0.1) is 0 Å². The van der Waals surface area contributed by atoms with E-state index in [0.29, 0.717) is 16.2 Å². The van der Waals surface area contributed by atoms with Crippen LogP contribution in [0.4, 0.5) is 0 Å². The van der Waals surface area contributed by atoms with Crippen molar-refractivity contribution < 1.29 is 0 Å². The van der Waals surface area contributed by atoms with Crippen LogP contribution in [0.25, 0.3) is 16.7 Å². The summed E-state index contributed by atoms with van der Waals surface area (Å²) < 4.78 is 1.66. The van der Waals surface area contributed by atoms with E-state index in [4.69, 9.17) is 0 Å². The third-order valence-corrected chi connectivity index (χ3v) is 4.96. The number of nitrogens with one attached hydrogen (secondary N) is 1. The minimum absolute atomic E-state index is 0.113. The van der Waals surface area contributed by atoms with Crippen LogP contribution in [-0.4, -0.2) is 19.7 Å². The Balaban J connectivity index is 1.82. The van der Waals surface area contributed by atoms with Crippen molar-refractivity contribution in [2.24, 2.45) is 0 Å². The first-order valence-corrected chi connectivity index (χ1v) is 8.91. The van der Waals surface area contributed by atoms with Gasteiger partial charge in [0.25, 0.3) is 5.56 Å². The van der Waals surface area contributed by atoms with Gasteiger partial charge in [-0.2, -0.15) is 5.10 Å². The fourth-order valence-corrected chi connectivity index (χ4v) is 3.58. The van der Waals surface area contributed by atoms with Crippen molar-refractivity contribution in [2.75, 3.05) is 0 Å². The number of hydrogen-bond acceptors (Lipinski definition) is 4. The third kappa shape index (κ3) is 3.08. The Labute approximate surface area is 148 Å². The van der Waals surface area contributed by atoms with Gasteiger partial charge in [0.2, 0.25) is 0 Å². The van der Waals surface area contributed by atoms with Gasteiger partial charge in [-0.3, -0.25) is 14.5 Å². The van der Waals surface area contributed by atoms with Gasteiger partial charge in [0.15, 0.2) is 10.8 Å². The zero-order chi connectivity index (χ0) is 17.2. The van der Waals surface area contributed by atoms with E-state index in [0.717, 1.165) is 17.0 Å². The summed E-state index contributed by atoms with van der Waals surface area (Å²) in [7, 11) is 0. The fourth-order valence-electron chi connectivity index (χ4n) is 2.61. The van der Waals surface area contributed by atoms with Gasteiger partial charge in [-0.25, -0.2) is 4.98 Å². The predicted molar refractivity (Wildman–Crippen MR) is 100 cm³/mol. The van der Waals surface area contributed by atoms with Crippen LogP contribution in [0.5, 0.6) is 0 Å². The molecule has 4 aromatic rings. The molecule has 5 nitrogen and oxygen atoms in total. The molecule has 2 heterocycles. The molecular weight excluding hydrogens is 332 g/mol. The Morgan fingerprint density at radius 1 is 1.08 bits per heavy atom. The highest BCUT2D eigenvalue weighted by atomic mass is 32.2. The second-order valence-corrected chi connectivity index (χ2v) is 6.72. The molecule has 2 aromatic heterocycles.